The van der Waals surface area contributed by atoms with Crippen LogP contribution in [-0.4, -0.2) is 54.4 Å². The molecule has 1 saturated heterocycles. The molecule has 27 heavy (non-hydrogen) atoms. The molecular weight excluding hydrogens is 344 g/mol. The van der Waals surface area contributed by atoms with Gasteiger partial charge in [-0.05, 0) is 36.6 Å². The zero-order chi connectivity index (χ0) is 18.6. The third-order valence-corrected chi connectivity index (χ3v) is 5.03. The summed E-state index contributed by atoms with van der Waals surface area (Å²) in [6, 6.07) is 9.29. The van der Waals surface area contributed by atoms with Crippen molar-refractivity contribution in [3.05, 3.63) is 59.6 Å². The Kier molecular flexibility index (Phi) is 4.96. The van der Waals surface area contributed by atoms with Crippen molar-refractivity contribution in [1.29, 1.82) is 0 Å². The van der Waals surface area contributed by atoms with Crippen molar-refractivity contribution in [1.82, 2.24) is 9.80 Å². The molecule has 1 fully saturated rings. The van der Waals surface area contributed by atoms with E-state index in [1.54, 1.807) is 21.9 Å². The molecule has 0 radical (unpaired) electrons. The third-order valence-electron chi connectivity index (χ3n) is 5.03. The summed E-state index contributed by atoms with van der Waals surface area (Å²) in [6.45, 7) is 2.02. The van der Waals surface area contributed by atoms with Crippen LogP contribution in [0, 0.1) is 0 Å². The van der Waals surface area contributed by atoms with Crippen molar-refractivity contribution >= 4 is 17.9 Å². The summed E-state index contributed by atoms with van der Waals surface area (Å²) in [5.74, 6) is 0.939. The second kappa shape index (κ2) is 7.70. The first-order valence-electron chi connectivity index (χ1n) is 9.24. The molecule has 1 aliphatic heterocycles. The van der Waals surface area contributed by atoms with Crippen molar-refractivity contribution in [3.8, 4) is 5.75 Å². The highest BCUT2D eigenvalue weighted by Gasteiger charge is 2.26. The lowest BCUT2D eigenvalue weighted by Gasteiger charge is -2.34. The Bertz CT molecular complexity index is 849. The molecule has 0 spiro atoms. The molecule has 2 aliphatic rings. The van der Waals surface area contributed by atoms with Gasteiger partial charge in [0.15, 0.2) is 12.4 Å². The van der Waals surface area contributed by atoms with Crippen LogP contribution >= 0.6 is 0 Å². The number of ether oxygens (including phenoxy) is 1. The van der Waals surface area contributed by atoms with Gasteiger partial charge in [-0.1, -0.05) is 24.3 Å². The van der Waals surface area contributed by atoms with E-state index in [1.165, 1.54) is 11.8 Å². The molecule has 2 aromatic rings. The van der Waals surface area contributed by atoms with Gasteiger partial charge in [0, 0.05) is 31.7 Å². The number of carbonyl (C=O) groups excluding carboxylic acids is 2. The number of allylic oxidation sites excluding steroid dienone is 1. The number of carbonyl (C=O) groups is 2. The van der Waals surface area contributed by atoms with E-state index < -0.39 is 0 Å². The van der Waals surface area contributed by atoms with Gasteiger partial charge in [-0.15, -0.1) is 0 Å². The van der Waals surface area contributed by atoms with Crippen LogP contribution in [0.25, 0.3) is 6.08 Å². The summed E-state index contributed by atoms with van der Waals surface area (Å²) in [6.07, 6.45) is 7.67. The van der Waals surface area contributed by atoms with Gasteiger partial charge in [-0.2, -0.15) is 0 Å². The Morgan fingerprint density at radius 3 is 2.63 bits per heavy atom. The summed E-state index contributed by atoms with van der Waals surface area (Å²) in [4.78, 5) is 28.3. The lowest BCUT2D eigenvalue weighted by atomic mass is 9.97. The molecule has 6 nitrogen and oxygen atoms in total. The summed E-state index contributed by atoms with van der Waals surface area (Å²) < 4.78 is 11.0. The largest absolute Gasteiger partial charge is 0.483 e. The predicted octanol–water partition coefficient (Wildman–Crippen LogP) is 2.60. The number of amides is 2. The van der Waals surface area contributed by atoms with E-state index in [1.807, 2.05) is 12.1 Å². The maximum atomic E-state index is 12.5. The minimum atomic E-state index is -0.132. The van der Waals surface area contributed by atoms with Crippen molar-refractivity contribution in [2.24, 2.45) is 0 Å². The van der Waals surface area contributed by atoms with Crippen molar-refractivity contribution in [2.75, 3.05) is 32.8 Å². The molecule has 1 aromatic carbocycles. The first-order chi connectivity index (χ1) is 13.2. The second-order valence-corrected chi connectivity index (χ2v) is 6.70. The summed E-state index contributed by atoms with van der Waals surface area (Å²) in [5, 5.41) is 0. The molecule has 0 unspecified atom stereocenters. The maximum absolute atomic E-state index is 12.5. The highest BCUT2D eigenvalue weighted by Crippen LogP contribution is 2.28. The van der Waals surface area contributed by atoms with Gasteiger partial charge in [-0.25, -0.2) is 0 Å². The molecular formula is C21H22N2O4. The van der Waals surface area contributed by atoms with Gasteiger partial charge in [0.25, 0.3) is 11.8 Å². The average molecular weight is 366 g/mol. The third kappa shape index (κ3) is 3.74. The zero-order valence-corrected chi connectivity index (χ0v) is 15.1. The number of furan rings is 1. The molecule has 4 rings (SSSR count). The summed E-state index contributed by atoms with van der Waals surface area (Å²) >= 11 is 0. The van der Waals surface area contributed by atoms with E-state index in [4.69, 9.17) is 9.15 Å². The van der Waals surface area contributed by atoms with Crippen molar-refractivity contribution in [3.63, 3.8) is 0 Å². The summed E-state index contributed by atoms with van der Waals surface area (Å²) in [5.41, 5.74) is 2.33. The highest BCUT2D eigenvalue weighted by atomic mass is 16.5. The quantitative estimate of drug-likeness (QED) is 0.834. The van der Waals surface area contributed by atoms with Gasteiger partial charge < -0.3 is 19.0 Å². The lowest BCUT2D eigenvalue weighted by Crippen LogP contribution is -2.51. The van der Waals surface area contributed by atoms with Gasteiger partial charge in [0.2, 0.25) is 0 Å². The Balaban J connectivity index is 1.30. The Labute approximate surface area is 158 Å². The molecule has 1 aromatic heterocycles. The van der Waals surface area contributed by atoms with Crippen LogP contribution in [0.1, 0.15) is 28.1 Å². The minimum absolute atomic E-state index is 0.0201. The van der Waals surface area contributed by atoms with Gasteiger partial charge >= 0.3 is 0 Å². The number of benzene rings is 1. The molecule has 2 amide bonds. The molecule has 0 bridgehead atoms. The Morgan fingerprint density at radius 1 is 1.04 bits per heavy atom. The molecule has 0 saturated carbocycles. The zero-order valence-electron chi connectivity index (χ0n) is 15.1. The highest BCUT2D eigenvalue weighted by molar-refractivity contribution is 5.91. The first-order valence-corrected chi connectivity index (χ1v) is 9.24. The van der Waals surface area contributed by atoms with Crippen LogP contribution < -0.4 is 4.74 Å². The fourth-order valence-corrected chi connectivity index (χ4v) is 3.53. The lowest BCUT2D eigenvalue weighted by molar-refractivity contribution is -0.134. The first kappa shape index (κ1) is 17.4. The molecule has 6 heteroatoms. The minimum Gasteiger partial charge on any atom is -0.483 e. The van der Waals surface area contributed by atoms with E-state index in [2.05, 4.69) is 18.2 Å². The fraction of sp³-hybridized carbons (Fsp3) is 0.333. The number of hydrogen-bond donors (Lipinski definition) is 0. The van der Waals surface area contributed by atoms with E-state index >= 15 is 0 Å². The molecule has 0 N–H and O–H groups in total. The smallest absolute Gasteiger partial charge is 0.289 e. The normalized spacial score (nSPS) is 16.1. The molecule has 140 valence electrons. The predicted molar refractivity (Wildman–Crippen MR) is 100 cm³/mol. The second-order valence-electron chi connectivity index (χ2n) is 6.70. The van der Waals surface area contributed by atoms with Gasteiger partial charge in [0.05, 0.1) is 6.26 Å². The Hall–Kier alpha value is -3.02. The topological polar surface area (TPSA) is 63.0 Å². The van der Waals surface area contributed by atoms with Crippen LogP contribution in [0.4, 0.5) is 0 Å². The molecule has 2 heterocycles. The van der Waals surface area contributed by atoms with E-state index in [0.29, 0.717) is 31.9 Å². The fourth-order valence-electron chi connectivity index (χ4n) is 3.53. The average Bonchev–Trinajstić information content (AvgIpc) is 3.26. The van der Waals surface area contributed by atoms with Gasteiger partial charge in [-0.3, -0.25) is 9.59 Å². The Morgan fingerprint density at radius 2 is 1.85 bits per heavy atom. The van der Waals surface area contributed by atoms with E-state index in [-0.39, 0.29) is 18.4 Å². The number of rotatable bonds is 4. The number of hydrogen-bond acceptors (Lipinski definition) is 4. The molecule has 1 aliphatic carbocycles. The molecule has 0 atom stereocenters. The summed E-state index contributed by atoms with van der Waals surface area (Å²) in [7, 11) is 0. The monoisotopic (exact) mass is 366 g/mol. The van der Waals surface area contributed by atoms with E-state index in [0.717, 1.165) is 24.2 Å². The van der Waals surface area contributed by atoms with Crippen molar-refractivity contribution in [2.45, 2.75) is 12.8 Å². The standard InChI is InChI=1S/C21H22N2O4/c24-20(15-27-18-8-3-6-16-5-1-2-7-17(16)18)22-10-12-23(13-11-22)21(25)19-9-4-14-26-19/h1,3-6,8-9,14H,2,7,10-13,15H2. The maximum Gasteiger partial charge on any atom is 0.289 e. The number of piperazine rings is 1. The SMILES string of the molecule is O=C(COc1cccc2c1CCC=C2)N1CCN(C(=O)c2ccco2)CC1. The van der Waals surface area contributed by atoms with Crippen LogP contribution in [0.2, 0.25) is 0 Å². The van der Waals surface area contributed by atoms with Crippen LogP contribution in [0.15, 0.2) is 47.1 Å². The van der Waals surface area contributed by atoms with E-state index in [9.17, 15) is 9.59 Å². The van der Waals surface area contributed by atoms with Crippen molar-refractivity contribution < 1.29 is 18.7 Å². The number of fused-ring (bicyclic) bond motifs is 1. The van der Waals surface area contributed by atoms with Crippen LogP contribution in [0.3, 0.4) is 0 Å². The van der Waals surface area contributed by atoms with Gasteiger partial charge in [0.1, 0.15) is 5.75 Å². The van der Waals surface area contributed by atoms with Crippen LogP contribution in [0.5, 0.6) is 5.75 Å². The van der Waals surface area contributed by atoms with Crippen LogP contribution in [-0.2, 0) is 11.2 Å². The number of nitrogens with zero attached hydrogens (tertiary/aromatic N) is 2.